The minimum absolute atomic E-state index is 0.0382. The van der Waals surface area contributed by atoms with E-state index in [1.807, 2.05) is 19.1 Å². The number of aryl methyl sites for hydroxylation is 1. The first kappa shape index (κ1) is 37.9. The van der Waals surface area contributed by atoms with Gasteiger partial charge >= 0.3 is 6.09 Å². The maximum Gasteiger partial charge on any atom is 0.420 e. The fourth-order valence-electron chi connectivity index (χ4n) is 7.69. The number of hydrogen-bond donors (Lipinski definition) is 1. The molecule has 3 aliphatic rings. The Hall–Kier alpha value is -3.34. The molecule has 0 bridgehead atoms. The van der Waals surface area contributed by atoms with Crippen LogP contribution < -0.4 is 14.4 Å². The molecule has 50 heavy (non-hydrogen) atoms. The largest absolute Gasteiger partial charge is 0.490 e. The van der Waals surface area contributed by atoms with Crippen LogP contribution >= 0.6 is 11.6 Å². The van der Waals surface area contributed by atoms with E-state index in [1.54, 1.807) is 52.2 Å². The van der Waals surface area contributed by atoms with Crippen LogP contribution in [0.3, 0.4) is 0 Å². The summed E-state index contributed by atoms with van der Waals surface area (Å²) in [5.74, 6) is 0.469. The number of anilines is 1. The van der Waals surface area contributed by atoms with E-state index in [1.165, 1.54) is 11.1 Å². The van der Waals surface area contributed by atoms with E-state index in [2.05, 4.69) is 39.3 Å². The molecule has 1 aliphatic heterocycles. The van der Waals surface area contributed by atoms with Crippen LogP contribution in [0.5, 0.6) is 5.75 Å². The molecule has 1 N–H and O–H groups in total. The lowest BCUT2D eigenvalue weighted by Gasteiger charge is -2.46. The number of carbonyl (C=O) groups excluding carboxylic acids is 2. The highest BCUT2D eigenvalue weighted by atomic mass is 35.5. The van der Waals surface area contributed by atoms with Gasteiger partial charge in [-0.1, -0.05) is 36.7 Å². The molecule has 1 fully saturated rings. The summed E-state index contributed by atoms with van der Waals surface area (Å²) in [6.07, 6.45) is 8.25. The third-order valence-electron chi connectivity index (χ3n) is 10.1. The Morgan fingerprint density at radius 1 is 1.22 bits per heavy atom. The summed E-state index contributed by atoms with van der Waals surface area (Å²) in [5.41, 5.74) is 2.44. The summed E-state index contributed by atoms with van der Waals surface area (Å²) in [6.45, 7) is 16.7. The molecule has 11 heteroatoms. The van der Waals surface area contributed by atoms with E-state index in [-0.39, 0.29) is 28.8 Å². The van der Waals surface area contributed by atoms with Crippen molar-refractivity contribution in [3.63, 3.8) is 0 Å². The molecule has 0 aromatic heterocycles. The number of allylic oxidation sites excluding steroid dienone is 1. The van der Waals surface area contributed by atoms with Gasteiger partial charge in [0.1, 0.15) is 21.3 Å². The Morgan fingerprint density at radius 2 is 2.00 bits per heavy atom. The zero-order chi connectivity index (χ0) is 36.3. The molecule has 1 spiro atoms. The second-order valence-electron chi connectivity index (χ2n) is 15.2. The third-order valence-corrected chi connectivity index (χ3v) is 12.3. The van der Waals surface area contributed by atoms with Crippen LogP contribution in [0, 0.1) is 17.8 Å². The van der Waals surface area contributed by atoms with E-state index in [0.29, 0.717) is 37.2 Å². The maximum absolute atomic E-state index is 14.2. The second-order valence-corrected chi connectivity index (χ2v) is 17.6. The van der Waals surface area contributed by atoms with Gasteiger partial charge in [-0.25, -0.2) is 13.7 Å². The lowest BCUT2D eigenvalue weighted by Crippen LogP contribution is -2.49. The first-order valence-electron chi connectivity index (χ1n) is 17.5. The van der Waals surface area contributed by atoms with Gasteiger partial charge in [-0.05, 0) is 119 Å². The minimum atomic E-state index is -3.54. The molecule has 6 atom stereocenters. The topological polar surface area (TPSA) is 107 Å². The van der Waals surface area contributed by atoms with Crippen molar-refractivity contribution >= 4 is 39.2 Å². The highest BCUT2D eigenvalue weighted by Crippen LogP contribution is 2.47. The fraction of sp³-hybridized carbons (Fsp3) is 0.538. The summed E-state index contributed by atoms with van der Waals surface area (Å²) in [4.78, 5) is 29.0. The predicted molar refractivity (Wildman–Crippen MR) is 201 cm³/mol. The third kappa shape index (κ3) is 8.75. The van der Waals surface area contributed by atoms with Crippen LogP contribution in [-0.2, 0) is 31.2 Å². The van der Waals surface area contributed by atoms with Crippen LogP contribution in [0.15, 0.2) is 66.1 Å². The number of rotatable bonds is 11. The number of hydrogen-bond acceptors (Lipinski definition) is 7. The SMILES string of the molecule is C=CC[C@H](C)CS(=O)(=NC(=O)c1ccc2c(c1)N(C[C@@H]1CC[C@H]1[C@H](C=C)OC)C[C@@]1(CCCc3cc(Cl)ccc31)CO2)NC(=O)OC(C)(C)C. The molecule has 0 saturated heterocycles. The zero-order valence-corrected chi connectivity index (χ0v) is 31.6. The smallest absolute Gasteiger partial charge is 0.420 e. The molecule has 2 aliphatic carbocycles. The molecule has 272 valence electrons. The normalized spacial score (nSPS) is 23.8. The summed E-state index contributed by atoms with van der Waals surface area (Å²) in [5, 5.41) is 0.728. The Labute approximate surface area is 303 Å². The van der Waals surface area contributed by atoms with Crippen LogP contribution in [0.1, 0.15) is 81.3 Å². The number of nitrogens with one attached hydrogen (secondary N) is 1. The maximum atomic E-state index is 14.2. The number of ether oxygens (including phenoxy) is 3. The molecule has 2 amide bonds. The Morgan fingerprint density at radius 3 is 2.66 bits per heavy atom. The van der Waals surface area contributed by atoms with E-state index < -0.39 is 27.5 Å². The van der Waals surface area contributed by atoms with Gasteiger partial charge in [-0.15, -0.1) is 17.5 Å². The van der Waals surface area contributed by atoms with Gasteiger partial charge in [0.2, 0.25) is 0 Å². The lowest BCUT2D eigenvalue weighted by molar-refractivity contribution is 0.0135. The molecule has 2 aromatic carbocycles. The van der Waals surface area contributed by atoms with Gasteiger partial charge in [0.25, 0.3) is 5.91 Å². The van der Waals surface area contributed by atoms with Crippen molar-refractivity contribution in [2.24, 2.45) is 22.1 Å². The van der Waals surface area contributed by atoms with E-state index in [0.717, 1.165) is 49.4 Å². The van der Waals surface area contributed by atoms with Gasteiger partial charge in [-0.3, -0.25) is 4.79 Å². The monoisotopic (exact) mass is 725 g/mol. The molecular formula is C39H52ClN3O6S. The van der Waals surface area contributed by atoms with Crippen molar-refractivity contribution in [3.8, 4) is 5.75 Å². The summed E-state index contributed by atoms with van der Waals surface area (Å²) >= 11 is 6.44. The average Bonchev–Trinajstić information content (AvgIpc) is 3.17. The van der Waals surface area contributed by atoms with Gasteiger partial charge in [-0.2, -0.15) is 0 Å². The number of nitrogens with zero attached hydrogens (tertiary/aromatic N) is 2. The van der Waals surface area contributed by atoms with Crippen molar-refractivity contribution in [2.45, 2.75) is 83.3 Å². The first-order chi connectivity index (χ1) is 23.7. The Bertz CT molecular complexity index is 1730. The highest BCUT2D eigenvalue weighted by molar-refractivity contribution is 7.92. The molecule has 1 heterocycles. The highest BCUT2D eigenvalue weighted by Gasteiger charge is 2.44. The number of amides is 2. The van der Waals surface area contributed by atoms with Gasteiger partial charge < -0.3 is 19.1 Å². The van der Waals surface area contributed by atoms with Crippen molar-refractivity contribution < 1.29 is 28.0 Å². The van der Waals surface area contributed by atoms with Gasteiger partial charge in [0.15, 0.2) is 0 Å². The predicted octanol–water partition coefficient (Wildman–Crippen LogP) is 8.30. The van der Waals surface area contributed by atoms with E-state index in [9.17, 15) is 13.8 Å². The number of benzene rings is 2. The molecule has 1 unspecified atom stereocenters. The first-order valence-corrected chi connectivity index (χ1v) is 19.6. The molecular weight excluding hydrogens is 674 g/mol. The van der Waals surface area contributed by atoms with Crippen molar-refractivity contribution in [2.75, 3.05) is 37.5 Å². The summed E-state index contributed by atoms with van der Waals surface area (Å²) in [6, 6.07) is 11.4. The van der Waals surface area contributed by atoms with E-state index in [4.69, 9.17) is 25.8 Å². The number of halogens is 1. The summed E-state index contributed by atoms with van der Waals surface area (Å²) < 4.78 is 38.5. The van der Waals surface area contributed by atoms with Crippen molar-refractivity contribution in [1.29, 1.82) is 0 Å². The average molecular weight is 726 g/mol. The zero-order valence-electron chi connectivity index (χ0n) is 30.0. The lowest BCUT2D eigenvalue weighted by atomic mass is 9.68. The Balaban J connectivity index is 1.53. The standard InChI is InChI=1S/C39H52ClN3O6S/c1-8-11-26(3)23-50(46,42-37(45)49-38(4,5)6)41-36(44)28-14-18-35-33(21-28)43(22-29-13-16-31(29)34(9-2)47-7)24-39(25-48-35)19-10-12-27-20-30(40)15-17-32(27)39/h8-9,14-15,17-18,20-21,26,29,31,34H,1-2,10-13,16,19,22-25H2,3-7H3,(H,41,42,44,45,46)/t26-,29-,31+,34-,39-,50?/m0/s1. The molecule has 2 aromatic rings. The number of fused-ring (bicyclic) bond motifs is 3. The Kier molecular flexibility index (Phi) is 11.7. The second kappa shape index (κ2) is 15.5. The summed E-state index contributed by atoms with van der Waals surface area (Å²) in [7, 11) is -1.82. The molecule has 0 radical (unpaired) electrons. The van der Waals surface area contributed by atoms with Crippen molar-refractivity contribution in [3.05, 3.63) is 83.4 Å². The minimum Gasteiger partial charge on any atom is -0.490 e. The molecule has 5 rings (SSSR count). The van der Waals surface area contributed by atoms with Crippen LogP contribution in [0.2, 0.25) is 5.02 Å². The van der Waals surface area contributed by atoms with Gasteiger partial charge in [0, 0.05) is 36.2 Å². The van der Waals surface area contributed by atoms with Crippen LogP contribution in [0.25, 0.3) is 0 Å². The van der Waals surface area contributed by atoms with Crippen molar-refractivity contribution in [1.82, 2.24) is 4.72 Å². The van der Waals surface area contributed by atoms with Crippen LogP contribution in [0.4, 0.5) is 10.5 Å². The van der Waals surface area contributed by atoms with E-state index >= 15 is 0 Å². The van der Waals surface area contributed by atoms with Gasteiger partial charge in [0.05, 0.1) is 24.2 Å². The molecule has 9 nitrogen and oxygen atoms in total. The van der Waals surface area contributed by atoms with Crippen LogP contribution in [-0.4, -0.2) is 60.5 Å². The number of methoxy groups -OCH3 is 1. The number of carbonyl (C=O) groups is 2. The molecule has 1 saturated carbocycles. The fourth-order valence-corrected chi connectivity index (χ4v) is 9.67. The quantitative estimate of drug-likeness (QED) is 0.232.